The van der Waals surface area contributed by atoms with Crippen molar-refractivity contribution in [1.82, 2.24) is 15.1 Å². The van der Waals surface area contributed by atoms with Gasteiger partial charge < -0.3 is 20.3 Å². The van der Waals surface area contributed by atoms with Crippen molar-refractivity contribution >= 4 is 17.5 Å². The average molecular weight is 277 g/mol. The number of aromatic nitrogens is 3. The third kappa shape index (κ3) is 3.44. The van der Waals surface area contributed by atoms with Crippen LogP contribution in [0.2, 0.25) is 0 Å². The number of nitrogen functional groups attached to an aromatic ring is 1. The van der Waals surface area contributed by atoms with E-state index < -0.39 is 5.97 Å². The Morgan fingerprint density at radius 2 is 2.35 bits per heavy atom. The molecule has 0 aliphatic rings. The molecule has 2 heterocycles. The maximum atomic E-state index is 11.8. The van der Waals surface area contributed by atoms with Crippen molar-refractivity contribution in [3.63, 3.8) is 0 Å². The van der Waals surface area contributed by atoms with Gasteiger partial charge in [0.1, 0.15) is 11.4 Å². The first-order valence-electron chi connectivity index (χ1n) is 6.12. The van der Waals surface area contributed by atoms with Crippen LogP contribution in [0.15, 0.2) is 23.1 Å². The minimum atomic E-state index is -0.465. The summed E-state index contributed by atoms with van der Waals surface area (Å²) >= 11 is 0. The van der Waals surface area contributed by atoms with Crippen LogP contribution >= 0.6 is 0 Å². The van der Waals surface area contributed by atoms with Gasteiger partial charge in [-0.3, -0.25) is 0 Å². The summed E-state index contributed by atoms with van der Waals surface area (Å²) in [6, 6.07) is 1.53. The van der Waals surface area contributed by atoms with Crippen LogP contribution in [0.4, 0.5) is 11.5 Å². The third-order valence-corrected chi connectivity index (χ3v) is 2.44. The zero-order valence-corrected chi connectivity index (χ0v) is 11.0. The lowest BCUT2D eigenvalue weighted by molar-refractivity contribution is 0.0527. The molecule has 0 aliphatic carbocycles. The normalized spacial score (nSPS) is 10.2. The fraction of sp³-hybridized carbons (Fsp3) is 0.333. The predicted octanol–water partition coefficient (Wildman–Crippen LogP) is 0.878. The molecule has 0 bridgehead atoms. The monoisotopic (exact) mass is 277 g/mol. The molecule has 2 rings (SSSR count). The zero-order chi connectivity index (χ0) is 14.4. The smallest absolute Gasteiger partial charge is 0.341 e. The second kappa shape index (κ2) is 6.50. The van der Waals surface area contributed by atoms with Crippen LogP contribution in [-0.4, -0.2) is 34.2 Å². The van der Waals surface area contributed by atoms with Crippen LogP contribution < -0.4 is 11.1 Å². The fourth-order valence-electron chi connectivity index (χ4n) is 1.58. The molecule has 0 saturated carbocycles. The molecular weight excluding hydrogens is 262 g/mol. The number of nitrogens with one attached hydrogen (secondary N) is 1. The lowest BCUT2D eigenvalue weighted by Crippen LogP contribution is -2.14. The maximum absolute atomic E-state index is 11.8. The van der Waals surface area contributed by atoms with Crippen molar-refractivity contribution in [2.75, 3.05) is 24.2 Å². The number of anilines is 2. The van der Waals surface area contributed by atoms with Gasteiger partial charge in [-0.1, -0.05) is 5.16 Å². The molecule has 8 heteroatoms. The van der Waals surface area contributed by atoms with E-state index in [4.69, 9.17) is 15.0 Å². The number of pyridine rings is 1. The number of nitrogens with zero attached hydrogens (tertiary/aromatic N) is 3. The number of hydrogen-bond donors (Lipinski definition) is 2. The van der Waals surface area contributed by atoms with Gasteiger partial charge in [0.2, 0.25) is 5.89 Å². The van der Waals surface area contributed by atoms with Crippen molar-refractivity contribution in [2.45, 2.75) is 13.3 Å². The molecule has 0 amide bonds. The predicted molar refractivity (Wildman–Crippen MR) is 71.1 cm³/mol. The second-order valence-electron chi connectivity index (χ2n) is 3.90. The standard InChI is InChI=1S/C12H15N5O3/c1-2-19-12(18)9-5-8(13)6-15-11(9)14-4-3-10-16-7-17-20-10/h5-7H,2-4,13H2,1H3,(H,14,15). The van der Waals surface area contributed by atoms with E-state index in [1.54, 1.807) is 6.92 Å². The molecule has 0 radical (unpaired) electrons. The molecule has 0 aliphatic heterocycles. The molecule has 0 fully saturated rings. The molecular formula is C12H15N5O3. The largest absolute Gasteiger partial charge is 0.462 e. The molecule has 0 saturated heterocycles. The van der Waals surface area contributed by atoms with Crippen molar-refractivity contribution in [3.8, 4) is 0 Å². The quantitative estimate of drug-likeness (QED) is 0.747. The molecule has 106 valence electrons. The van der Waals surface area contributed by atoms with Crippen molar-refractivity contribution in [2.24, 2.45) is 0 Å². The highest BCUT2D eigenvalue weighted by Gasteiger charge is 2.14. The van der Waals surface area contributed by atoms with E-state index in [1.807, 2.05) is 0 Å². The van der Waals surface area contributed by atoms with Gasteiger partial charge in [0.15, 0.2) is 6.33 Å². The van der Waals surface area contributed by atoms with E-state index in [1.165, 1.54) is 18.6 Å². The Kier molecular flexibility index (Phi) is 4.48. The highest BCUT2D eigenvalue weighted by molar-refractivity contribution is 5.95. The van der Waals surface area contributed by atoms with Gasteiger partial charge >= 0.3 is 5.97 Å². The molecule has 2 aromatic heterocycles. The minimum absolute atomic E-state index is 0.287. The average Bonchev–Trinajstić information content (AvgIpc) is 2.94. The first kappa shape index (κ1) is 13.8. The number of esters is 1. The molecule has 0 aromatic carbocycles. The SMILES string of the molecule is CCOC(=O)c1cc(N)cnc1NCCc1ncno1. The van der Waals surface area contributed by atoms with Gasteiger partial charge in [-0.05, 0) is 13.0 Å². The van der Waals surface area contributed by atoms with Gasteiger partial charge in [-0.25, -0.2) is 9.78 Å². The van der Waals surface area contributed by atoms with Crippen LogP contribution in [0.3, 0.4) is 0 Å². The molecule has 2 aromatic rings. The summed E-state index contributed by atoms with van der Waals surface area (Å²) in [5.74, 6) is 0.454. The lowest BCUT2D eigenvalue weighted by Gasteiger charge is -2.10. The van der Waals surface area contributed by atoms with Gasteiger partial charge in [-0.2, -0.15) is 4.98 Å². The van der Waals surface area contributed by atoms with E-state index in [0.717, 1.165) is 0 Å². The number of ether oxygens (including phenoxy) is 1. The first-order chi connectivity index (χ1) is 9.70. The highest BCUT2D eigenvalue weighted by Crippen LogP contribution is 2.16. The molecule has 3 N–H and O–H groups in total. The van der Waals surface area contributed by atoms with Crippen LogP contribution in [0.5, 0.6) is 0 Å². The Morgan fingerprint density at radius 1 is 1.50 bits per heavy atom. The number of nitrogens with two attached hydrogens (primary N) is 1. The number of rotatable bonds is 6. The Hall–Kier alpha value is -2.64. The summed E-state index contributed by atoms with van der Waals surface area (Å²) in [4.78, 5) is 19.8. The van der Waals surface area contributed by atoms with E-state index in [0.29, 0.717) is 35.9 Å². The summed E-state index contributed by atoms with van der Waals surface area (Å²) in [5.41, 5.74) is 6.34. The Labute approximate surface area is 115 Å². The van der Waals surface area contributed by atoms with Gasteiger partial charge in [0.05, 0.1) is 18.5 Å². The van der Waals surface area contributed by atoms with E-state index in [-0.39, 0.29) is 6.61 Å². The van der Waals surface area contributed by atoms with E-state index in [2.05, 4.69) is 20.4 Å². The van der Waals surface area contributed by atoms with Crippen molar-refractivity contribution in [1.29, 1.82) is 0 Å². The number of hydrogen-bond acceptors (Lipinski definition) is 8. The fourth-order valence-corrected chi connectivity index (χ4v) is 1.58. The lowest BCUT2D eigenvalue weighted by atomic mass is 10.2. The van der Waals surface area contributed by atoms with E-state index >= 15 is 0 Å². The maximum Gasteiger partial charge on any atom is 0.341 e. The van der Waals surface area contributed by atoms with Crippen LogP contribution in [0, 0.1) is 0 Å². The zero-order valence-electron chi connectivity index (χ0n) is 11.0. The van der Waals surface area contributed by atoms with Crippen LogP contribution in [0.1, 0.15) is 23.2 Å². The molecule has 0 atom stereocenters. The molecule has 8 nitrogen and oxygen atoms in total. The highest BCUT2D eigenvalue weighted by atomic mass is 16.5. The molecule has 0 unspecified atom stereocenters. The number of carbonyl (C=O) groups excluding carboxylic acids is 1. The first-order valence-corrected chi connectivity index (χ1v) is 6.12. The van der Waals surface area contributed by atoms with Crippen molar-refractivity contribution in [3.05, 3.63) is 30.0 Å². The molecule has 0 spiro atoms. The van der Waals surface area contributed by atoms with Crippen LogP contribution in [0.25, 0.3) is 0 Å². The van der Waals surface area contributed by atoms with Gasteiger partial charge in [0, 0.05) is 13.0 Å². The minimum Gasteiger partial charge on any atom is -0.462 e. The molecule has 20 heavy (non-hydrogen) atoms. The van der Waals surface area contributed by atoms with Crippen molar-refractivity contribution < 1.29 is 14.1 Å². The number of carbonyl (C=O) groups is 1. The van der Waals surface area contributed by atoms with E-state index in [9.17, 15) is 4.79 Å². The topological polar surface area (TPSA) is 116 Å². The van der Waals surface area contributed by atoms with Gasteiger partial charge in [-0.15, -0.1) is 0 Å². The Balaban J connectivity index is 2.04. The summed E-state index contributed by atoms with van der Waals surface area (Å²) in [7, 11) is 0. The summed E-state index contributed by atoms with van der Waals surface area (Å²) in [6.07, 6.45) is 3.33. The Bertz CT molecular complexity index is 570. The van der Waals surface area contributed by atoms with Gasteiger partial charge in [0.25, 0.3) is 0 Å². The summed E-state index contributed by atoms with van der Waals surface area (Å²) in [6.45, 7) is 2.51. The summed E-state index contributed by atoms with van der Waals surface area (Å²) < 4.78 is 9.83. The van der Waals surface area contributed by atoms with Crippen LogP contribution in [-0.2, 0) is 11.2 Å². The third-order valence-electron chi connectivity index (χ3n) is 2.44. The summed E-state index contributed by atoms with van der Waals surface area (Å²) in [5, 5.41) is 6.53. The second-order valence-corrected chi connectivity index (χ2v) is 3.90. The Morgan fingerprint density at radius 3 is 3.05 bits per heavy atom.